The molecule has 0 spiro atoms. The van der Waals surface area contributed by atoms with E-state index in [2.05, 4.69) is 31.3 Å². The fourth-order valence-electron chi connectivity index (χ4n) is 1.58. The van der Waals surface area contributed by atoms with E-state index in [-0.39, 0.29) is 0 Å². The Hall–Kier alpha value is -0.300. The molecule has 1 rings (SSSR count). The van der Waals surface area contributed by atoms with Crippen LogP contribution in [-0.4, -0.2) is 12.6 Å². The first kappa shape index (κ1) is 9.79. The molecule has 1 atom stereocenters. The van der Waals surface area contributed by atoms with Crippen molar-refractivity contribution in [1.29, 1.82) is 0 Å². The van der Waals surface area contributed by atoms with Gasteiger partial charge in [-0.3, -0.25) is 0 Å². The smallest absolute Gasteiger partial charge is 0.0250 e. The lowest BCUT2D eigenvalue weighted by molar-refractivity contribution is 0.593. The Bertz CT molecular complexity index is 130. The van der Waals surface area contributed by atoms with Gasteiger partial charge in [-0.05, 0) is 25.3 Å². The molecule has 0 radical (unpaired) electrons. The number of hydrogen-bond donors (Lipinski definition) is 1. The largest absolute Gasteiger partial charge is 0.311 e. The van der Waals surface area contributed by atoms with Crippen LogP contribution in [-0.2, 0) is 0 Å². The molecule has 0 aliphatic carbocycles. The van der Waals surface area contributed by atoms with Gasteiger partial charge >= 0.3 is 0 Å². The van der Waals surface area contributed by atoms with Crippen molar-refractivity contribution in [2.24, 2.45) is 5.92 Å². The van der Waals surface area contributed by atoms with E-state index in [4.69, 9.17) is 0 Å². The Morgan fingerprint density at radius 2 is 2.08 bits per heavy atom. The molecule has 1 fully saturated rings. The average Bonchev–Trinajstić information content (AvgIpc) is 2.28. The van der Waals surface area contributed by atoms with Crippen LogP contribution in [0.4, 0.5) is 0 Å². The van der Waals surface area contributed by atoms with Crippen LogP contribution in [0.5, 0.6) is 0 Å². The third-order valence-corrected chi connectivity index (χ3v) is 2.33. The van der Waals surface area contributed by atoms with Gasteiger partial charge < -0.3 is 5.32 Å². The number of allylic oxidation sites excluding steroid dienone is 1. The molecule has 70 valence electrons. The second-order valence-corrected chi connectivity index (χ2v) is 4.04. The standard InChI is InChI=1S/C11H21N/c1-10(2)7-8-11-6-4-3-5-9-12-11/h7-8,10-12H,3-6,9H2,1-2H3/b8-7+. The summed E-state index contributed by atoms with van der Waals surface area (Å²) < 4.78 is 0. The van der Waals surface area contributed by atoms with Crippen molar-refractivity contribution in [3.05, 3.63) is 12.2 Å². The normalized spacial score (nSPS) is 26.4. The van der Waals surface area contributed by atoms with Crippen LogP contribution in [0.1, 0.15) is 39.5 Å². The monoisotopic (exact) mass is 167 g/mol. The van der Waals surface area contributed by atoms with Crippen molar-refractivity contribution >= 4 is 0 Å². The summed E-state index contributed by atoms with van der Waals surface area (Å²) in [5.41, 5.74) is 0. The molecule has 0 amide bonds. The van der Waals surface area contributed by atoms with E-state index in [0.717, 1.165) is 0 Å². The van der Waals surface area contributed by atoms with E-state index in [1.165, 1.54) is 32.2 Å². The van der Waals surface area contributed by atoms with Crippen molar-refractivity contribution in [3.8, 4) is 0 Å². The molecule has 0 aromatic rings. The maximum Gasteiger partial charge on any atom is 0.0250 e. The third kappa shape index (κ3) is 3.91. The molecule has 0 bridgehead atoms. The lowest BCUT2D eigenvalue weighted by Crippen LogP contribution is -2.25. The molecular weight excluding hydrogens is 146 g/mol. The third-order valence-electron chi connectivity index (χ3n) is 2.33. The first-order valence-electron chi connectivity index (χ1n) is 5.21. The van der Waals surface area contributed by atoms with Gasteiger partial charge in [-0.1, -0.05) is 38.8 Å². The van der Waals surface area contributed by atoms with E-state index in [1.807, 2.05) is 0 Å². The van der Waals surface area contributed by atoms with Crippen LogP contribution >= 0.6 is 0 Å². The lowest BCUT2D eigenvalue weighted by Gasteiger charge is -2.10. The molecular formula is C11H21N. The van der Waals surface area contributed by atoms with Crippen LogP contribution in [0.25, 0.3) is 0 Å². The van der Waals surface area contributed by atoms with E-state index in [1.54, 1.807) is 0 Å². The summed E-state index contributed by atoms with van der Waals surface area (Å²) in [6.45, 7) is 5.66. The molecule has 1 aliphatic rings. The SMILES string of the molecule is CC(C)/C=C/C1CCCCCN1. The Labute approximate surface area is 76.2 Å². The van der Waals surface area contributed by atoms with Gasteiger partial charge in [0, 0.05) is 6.04 Å². The summed E-state index contributed by atoms with van der Waals surface area (Å²) in [4.78, 5) is 0. The highest BCUT2D eigenvalue weighted by atomic mass is 14.9. The summed E-state index contributed by atoms with van der Waals surface area (Å²) in [7, 11) is 0. The molecule has 12 heavy (non-hydrogen) atoms. The highest BCUT2D eigenvalue weighted by Gasteiger charge is 2.06. The molecule has 0 aromatic heterocycles. The van der Waals surface area contributed by atoms with Gasteiger partial charge in [0.05, 0.1) is 0 Å². The first-order valence-corrected chi connectivity index (χ1v) is 5.21. The number of rotatable bonds is 2. The van der Waals surface area contributed by atoms with Crippen molar-refractivity contribution in [2.45, 2.75) is 45.6 Å². The summed E-state index contributed by atoms with van der Waals surface area (Å²) in [6, 6.07) is 0.648. The molecule has 1 saturated heterocycles. The van der Waals surface area contributed by atoms with Gasteiger partial charge in [-0.2, -0.15) is 0 Å². The Kier molecular flexibility index (Phi) is 4.37. The second-order valence-electron chi connectivity index (χ2n) is 4.04. The topological polar surface area (TPSA) is 12.0 Å². The van der Waals surface area contributed by atoms with Crippen LogP contribution in [0, 0.1) is 5.92 Å². The minimum absolute atomic E-state index is 0.648. The lowest BCUT2D eigenvalue weighted by atomic mass is 10.1. The van der Waals surface area contributed by atoms with Gasteiger partial charge in [0.15, 0.2) is 0 Å². The summed E-state index contributed by atoms with van der Waals surface area (Å²) in [5.74, 6) is 0.690. The Morgan fingerprint density at radius 1 is 1.25 bits per heavy atom. The fraction of sp³-hybridized carbons (Fsp3) is 0.818. The van der Waals surface area contributed by atoms with Crippen molar-refractivity contribution in [2.75, 3.05) is 6.54 Å². The maximum atomic E-state index is 3.55. The molecule has 0 saturated carbocycles. The summed E-state index contributed by atoms with van der Waals surface area (Å²) in [5, 5.41) is 3.55. The van der Waals surface area contributed by atoms with E-state index < -0.39 is 0 Å². The predicted octanol–water partition coefficient (Wildman–Crippen LogP) is 2.73. The van der Waals surface area contributed by atoms with E-state index in [9.17, 15) is 0 Å². The zero-order valence-electron chi connectivity index (χ0n) is 8.34. The summed E-state index contributed by atoms with van der Waals surface area (Å²) in [6.07, 6.45) is 10.1. The Balaban J connectivity index is 2.29. The number of nitrogens with one attached hydrogen (secondary N) is 1. The van der Waals surface area contributed by atoms with Crippen LogP contribution < -0.4 is 5.32 Å². The zero-order valence-corrected chi connectivity index (χ0v) is 8.34. The van der Waals surface area contributed by atoms with Crippen molar-refractivity contribution < 1.29 is 0 Å². The molecule has 1 nitrogen and oxygen atoms in total. The van der Waals surface area contributed by atoms with Gasteiger partial charge in [0.25, 0.3) is 0 Å². The molecule has 0 aromatic carbocycles. The van der Waals surface area contributed by atoms with Gasteiger partial charge in [0.2, 0.25) is 0 Å². The fourth-order valence-corrected chi connectivity index (χ4v) is 1.58. The predicted molar refractivity (Wildman–Crippen MR) is 54.2 cm³/mol. The highest BCUT2D eigenvalue weighted by Crippen LogP contribution is 2.09. The second kappa shape index (κ2) is 5.36. The van der Waals surface area contributed by atoms with Crippen molar-refractivity contribution in [3.63, 3.8) is 0 Å². The quantitative estimate of drug-likeness (QED) is 0.624. The molecule has 1 aliphatic heterocycles. The molecule has 1 heteroatoms. The molecule has 1 N–H and O–H groups in total. The zero-order chi connectivity index (χ0) is 8.81. The maximum absolute atomic E-state index is 3.55. The van der Waals surface area contributed by atoms with Crippen LogP contribution in [0.2, 0.25) is 0 Å². The molecule has 1 unspecified atom stereocenters. The van der Waals surface area contributed by atoms with Crippen LogP contribution in [0.15, 0.2) is 12.2 Å². The molecule has 1 heterocycles. The summed E-state index contributed by atoms with van der Waals surface area (Å²) >= 11 is 0. The first-order chi connectivity index (χ1) is 5.79. The number of hydrogen-bond acceptors (Lipinski definition) is 1. The van der Waals surface area contributed by atoms with Crippen LogP contribution in [0.3, 0.4) is 0 Å². The van der Waals surface area contributed by atoms with E-state index in [0.29, 0.717) is 12.0 Å². The minimum atomic E-state index is 0.648. The van der Waals surface area contributed by atoms with Gasteiger partial charge in [-0.25, -0.2) is 0 Å². The minimum Gasteiger partial charge on any atom is -0.311 e. The van der Waals surface area contributed by atoms with Gasteiger partial charge in [-0.15, -0.1) is 0 Å². The Morgan fingerprint density at radius 3 is 2.83 bits per heavy atom. The van der Waals surface area contributed by atoms with E-state index >= 15 is 0 Å². The van der Waals surface area contributed by atoms with Crippen molar-refractivity contribution in [1.82, 2.24) is 5.32 Å². The van der Waals surface area contributed by atoms with Gasteiger partial charge in [0.1, 0.15) is 0 Å². The highest BCUT2D eigenvalue weighted by molar-refractivity contribution is 4.95. The average molecular weight is 167 g/mol.